The summed E-state index contributed by atoms with van der Waals surface area (Å²) in [6.07, 6.45) is 3.70. The van der Waals surface area contributed by atoms with E-state index in [0.717, 1.165) is 12.4 Å². The Hall–Kier alpha value is -2.11. The molecular weight excluding hydrogens is 230 g/mol. The topological polar surface area (TPSA) is 64.9 Å². The second-order valence-corrected chi connectivity index (χ2v) is 4.12. The fraction of sp³-hybridized carbons (Fsp3) is 0.417. The van der Waals surface area contributed by atoms with Crippen LogP contribution in [0.1, 0.15) is 12.7 Å². The van der Waals surface area contributed by atoms with Crippen molar-refractivity contribution in [2.24, 2.45) is 0 Å². The number of hydrogen-bond donors (Lipinski definition) is 1. The average molecular weight is 247 g/mol. The number of rotatable bonds is 5. The number of aryl methyl sites for hydroxylation is 1. The first-order chi connectivity index (χ1) is 8.67. The summed E-state index contributed by atoms with van der Waals surface area (Å²) in [5.74, 6) is 2.01. The van der Waals surface area contributed by atoms with Crippen LogP contribution >= 0.6 is 0 Å². The average Bonchev–Trinajstić information content (AvgIpc) is 2.80. The van der Waals surface area contributed by atoms with Crippen molar-refractivity contribution in [2.45, 2.75) is 26.4 Å². The summed E-state index contributed by atoms with van der Waals surface area (Å²) >= 11 is 0. The van der Waals surface area contributed by atoms with Gasteiger partial charge < -0.3 is 10.1 Å². The van der Waals surface area contributed by atoms with Crippen molar-refractivity contribution in [1.82, 2.24) is 19.7 Å². The Kier molecular flexibility index (Phi) is 3.76. The minimum Gasteiger partial charge on any atom is -0.481 e. The molecule has 0 aliphatic rings. The van der Waals surface area contributed by atoms with E-state index >= 15 is 0 Å². The number of nitrogens with zero attached hydrogens (tertiary/aromatic N) is 4. The second kappa shape index (κ2) is 5.48. The Morgan fingerprint density at radius 3 is 2.94 bits per heavy atom. The SMILES string of the molecule is COc1cc(NC(C)Cn2cccn2)nc(C)n1. The molecule has 6 heteroatoms. The molecule has 0 amide bonds. The van der Waals surface area contributed by atoms with Crippen molar-refractivity contribution < 1.29 is 4.74 Å². The lowest BCUT2D eigenvalue weighted by atomic mass is 10.3. The van der Waals surface area contributed by atoms with Crippen LogP contribution in [0.2, 0.25) is 0 Å². The first-order valence-electron chi connectivity index (χ1n) is 5.81. The van der Waals surface area contributed by atoms with Crippen LogP contribution in [0.15, 0.2) is 24.5 Å². The molecule has 0 radical (unpaired) electrons. The molecule has 0 bridgehead atoms. The first kappa shape index (κ1) is 12.3. The molecule has 0 saturated carbocycles. The van der Waals surface area contributed by atoms with Crippen LogP contribution in [0.4, 0.5) is 5.82 Å². The third-order valence-electron chi connectivity index (χ3n) is 2.44. The van der Waals surface area contributed by atoms with Gasteiger partial charge in [-0.25, -0.2) is 4.98 Å². The zero-order valence-electron chi connectivity index (χ0n) is 10.8. The van der Waals surface area contributed by atoms with Gasteiger partial charge in [0.1, 0.15) is 11.6 Å². The molecule has 2 aromatic heterocycles. The molecule has 2 heterocycles. The third-order valence-corrected chi connectivity index (χ3v) is 2.44. The Bertz CT molecular complexity index is 497. The highest BCUT2D eigenvalue weighted by Gasteiger charge is 2.07. The molecule has 0 fully saturated rings. The molecule has 96 valence electrons. The van der Waals surface area contributed by atoms with Gasteiger partial charge in [-0.15, -0.1) is 0 Å². The van der Waals surface area contributed by atoms with Crippen molar-refractivity contribution in [3.05, 3.63) is 30.4 Å². The van der Waals surface area contributed by atoms with Crippen molar-refractivity contribution in [3.63, 3.8) is 0 Å². The zero-order valence-corrected chi connectivity index (χ0v) is 10.8. The molecular formula is C12H17N5O. The molecule has 1 unspecified atom stereocenters. The van der Waals surface area contributed by atoms with E-state index in [0.29, 0.717) is 11.7 Å². The van der Waals surface area contributed by atoms with Crippen LogP contribution in [0, 0.1) is 6.92 Å². The number of nitrogens with one attached hydrogen (secondary N) is 1. The van der Waals surface area contributed by atoms with Gasteiger partial charge in [0.05, 0.1) is 13.7 Å². The van der Waals surface area contributed by atoms with E-state index in [1.165, 1.54) is 0 Å². The molecule has 1 N–H and O–H groups in total. The Balaban J connectivity index is 2.02. The van der Waals surface area contributed by atoms with Gasteiger partial charge in [-0.3, -0.25) is 4.68 Å². The molecule has 0 spiro atoms. The summed E-state index contributed by atoms with van der Waals surface area (Å²) in [4.78, 5) is 8.46. The van der Waals surface area contributed by atoms with E-state index in [1.807, 2.05) is 23.9 Å². The molecule has 2 rings (SSSR count). The maximum atomic E-state index is 5.11. The normalized spacial score (nSPS) is 12.2. The smallest absolute Gasteiger partial charge is 0.218 e. The number of aromatic nitrogens is 4. The van der Waals surface area contributed by atoms with Crippen molar-refractivity contribution in [1.29, 1.82) is 0 Å². The Labute approximate surface area is 106 Å². The van der Waals surface area contributed by atoms with Crippen molar-refractivity contribution in [2.75, 3.05) is 12.4 Å². The summed E-state index contributed by atoms with van der Waals surface area (Å²) in [5, 5.41) is 7.47. The molecule has 18 heavy (non-hydrogen) atoms. The third kappa shape index (κ3) is 3.19. The minimum absolute atomic E-state index is 0.212. The van der Waals surface area contributed by atoms with E-state index in [2.05, 4.69) is 27.3 Å². The second-order valence-electron chi connectivity index (χ2n) is 4.12. The van der Waals surface area contributed by atoms with Crippen LogP contribution in [0.3, 0.4) is 0 Å². The van der Waals surface area contributed by atoms with Crippen LogP contribution in [-0.2, 0) is 6.54 Å². The maximum absolute atomic E-state index is 5.11. The standard InChI is InChI=1S/C12H17N5O/c1-9(8-17-6-4-5-13-17)14-11-7-12(18-3)16-10(2)15-11/h4-7,9H,8H2,1-3H3,(H,14,15,16). The summed E-state index contributed by atoms with van der Waals surface area (Å²) in [6.45, 7) is 4.69. The molecule has 0 saturated heterocycles. The van der Waals surface area contributed by atoms with Gasteiger partial charge in [0.2, 0.25) is 5.88 Å². The summed E-state index contributed by atoms with van der Waals surface area (Å²) in [5.41, 5.74) is 0. The summed E-state index contributed by atoms with van der Waals surface area (Å²) in [7, 11) is 1.60. The highest BCUT2D eigenvalue weighted by Crippen LogP contribution is 2.13. The van der Waals surface area contributed by atoms with E-state index in [4.69, 9.17) is 4.74 Å². The maximum Gasteiger partial charge on any atom is 0.218 e. The highest BCUT2D eigenvalue weighted by atomic mass is 16.5. The fourth-order valence-corrected chi connectivity index (χ4v) is 1.71. The molecule has 0 aliphatic carbocycles. The van der Waals surface area contributed by atoms with E-state index < -0.39 is 0 Å². The zero-order chi connectivity index (χ0) is 13.0. The van der Waals surface area contributed by atoms with Crippen molar-refractivity contribution >= 4 is 5.82 Å². The van der Waals surface area contributed by atoms with E-state index in [9.17, 15) is 0 Å². The molecule has 0 aliphatic heterocycles. The van der Waals surface area contributed by atoms with Gasteiger partial charge in [-0.05, 0) is 19.9 Å². The van der Waals surface area contributed by atoms with Gasteiger partial charge in [0.15, 0.2) is 0 Å². The lowest BCUT2D eigenvalue weighted by Gasteiger charge is -2.15. The monoisotopic (exact) mass is 247 g/mol. The lowest BCUT2D eigenvalue weighted by molar-refractivity contribution is 0.395. The predicted molar refractivity (Wildman–Crippen MR) is 68.6 cm³/mol. The van der Waals surface area contributed by atoms with Crippen LogP contribution in [0.5, 0.6) is 5.88 Å². The Morgan fingerprint density at radius 2 is 2.28 bits per heavy atom. The molecule has 0 aromatic carbocycles. The van der Waals surface area contributed by atoms with Gasteiger partial charge >= 0.3 is 0 Å². The number of hydrogen-bond acceptors (Lipinski definition) is 5. The minimum atomic E-state index is 0.212. The van der Waals surface area contributed by atoms with Gasteiger partial charge in [0, 0.05) is 24.5 Å². The molecule has 6 nitrogen and oxygen atoms in total. The van der Waals surface area contributed by atoms with Crippen LogP contribution in [0.25, 0.3) is 0 Å². The summed E-state index contributed by atoms with van der Waals surface area (Å²) < 4.78 is 6.99. The molecule has 1 atom stereocenters. The number of methoxy groups -OCH3 is 1. The van der Waals surface area contributed by atoms with Gasteiger partial charge in [0.25, 0.3) is 0 Å². The highest BCUT2D eigenvalue weighted by molar-refractivity contribution is 5.39. The lowest BCUT2D eigenvalue weighted by Crippen LogP contribution is -2.23. The first-order valence-corrected chi connectivity index (χ1v) is 5.81. The molecule has 2 aromatic rings. The number of anilines is 1. The van der Waals surface area contributed by atoms with Crippen LogP contribution in [-0.4, -0.2) is 32.9 Å². The fourth-order valence-electron chi connectivity index (χ4n) is 1.71. The summed E-state index contributed by atoms with van der Waals surface area (Å²) in [6, 6.07) is 3.90. The van der Waals surface area contributed by atoms with Gasteiger partial charge in [-0.1, -0.05) is 0 Å². The Morgan fingerprint density at radius 1 is 1.44 bits per heavy atom. The van der Waals surface area contributed by atoms with E-state index in [1.54, 1.807) is 19.4 Å². The van der Waals surface area contributed by atoms with Gasteiger partial charge in [-0.2, -0.15) is 10.1 Å². The largest absolute Gasteiger partial charge is 0.481 e. The number of ether oxygens (including phenoxy) is 1. The quantitative estimate of drug-likeness (QED) is 0.867. The predicted octanol–water partition coefficient (Wildman–Crippen LogP) is 1.49. The van der Waals surface area contributed by atoms with Crippen LogP contribution < -0.4 is 10.1 Å². The van der Waals surface area contributed by atoms with Crippen molar-refractivity contribution in [3.8, 4) is 5.88 Å². The van der Waals surface area contributed by atoms with E-state index in [-0.39, 0.29) is 6.04 Å².